The van der Waals surface area contributed by atoms with E-state index in [1.54, 1.807) is 29.7 Å². The van der Waals surface area contributed by atoms with Crippen LogP contribution in [0.4, 0.5) is 4.39 Å². The molecule has 1 atom stereocenters. The van der Waals surface area contributed by atoms with Crippen LogP contribution in [0.3, 0.4) is 0 Å². The van der Waals surface area contributed by atoms with Gasteiger partial charge >= 0.3 is 0 Å². The van der Waals surface area contributed by atoms with Crippen molar-refractivity contribution in [1.82, 2.24) is 10.3 Å². The maximum atomic E-state index is 13.1. The summed E-state index contributed by atoms with van der Waals surface area (Å²) in [5.41, 5.74) is 0.990. The van der Waals surface area contributed by atoms with E-state index in [0.29, 0.717) is 0 Å². The first-order valence-corrected chi connectivity index (χ1v) is 6.54. The molecule has 4 heteroatoms. The van der Waals surface area contributed by atoms with Crippen molar-refractivity contribution in [2.24, 2.45) is 0 Å². The van der Waals surface area contributed by atoms with E-state index in [1.807, 2.05) is 11.4 Å². The lowest BCUT2D eigenvalue weighted by Crippen LogP contribution is -2.20. The number of thiazole rings is 1. The second kappa shape index (κ2) is 5.89. The van der Waals surface area contributed by atoms with Crippen LogP contribution in [0.25, 0.3) is 0 Å². The highest BCUT2D eigenvalue weighted by Gasteiger charge is 2.09. The predicted octanol–water partition coefficient (Wildman–Crippen LogP) is 3.52. The van der Waals surface area contributed by atoms with Crippen LogP contribution in [0, 0.1) is 5.82 Å². The van der Waals surface area contributed by atoms with Crippen LogP contribution in [0.15, 0.2) is 35.8 Å². The minimum absolute atomic E-state index is 0.176. The Hall–Kier alpha value is -1.26. The molecule has 0 aliphatic heterocycles. The smallest absolute Gasteiger partial charge is 0.123 e. The second-order valence-electron chi connectivity index (χ2n) is 3.82. The minimum atomic E-state index is -0.183. The van der Waals surface area contributed by atoms with Crippen LogP contribution in [0.2, 0.25) is 0 Å². The van der Waals surface area contributed by atoms with E-state index in [2.05, 4.69) is 17.2 Å². The molecule has 0 saturated carbocycles. The molecule has 1 aromatic heterocycles. The molecule has 0 amide bonds. The van der Waals surface area contributed by atoms with E-state index in [4.69, 9.17) is 0 Å². The molecule has 0 fully saturated rings. The van der Waals surface area contributed by atoms with Crippen molar-refractivity contribution >= 4 is 11.3 Å². The first-order valence-electron chi connectivity index (χ1n) is 5.67. The van der Waals surface area contributed by atoms with Gasteiger partial charge in [0.05, 0.1) is 0 Å². The molecule has 0 spiro atoms. The highest BCUT2D eigenvalue weighted by molar-refractivity contribution is 7.09. The molecule has 2 nitrogen and oxygen atoms in total. The van der Waals surface area contributed by atoms with Gasteiger partial charge in [-0.1, -0.05) is 19.1 Å². The van der Waals surface area contributed by atoms with Crippen LogP contribution in [-0.4, -0.2) is 4.98 Å². The molecule has 0 aliphatic rings. The molecule has 90 valence electrons. The molecule has 17 heavy (non-hydrogen) atoms. The summed E-state index contributed by atoms with van der Waals surface area (Å²) in [5.74, 6) is -0.183. The summed E-state index contributed by atoms with van der Waals surface area (Å²) in [6, 6.07) is 6.93. The Labute approximate surface area is 105 Å². The summed E-state index contributed by atoms with van der Waals surface area (Å²) in [4.78, 5) is 4.22. The maximum absolute atomic E-state index is 13.1. The van der Waals surface area contributed by atoms with Crippen LogP contribution >= 0.6 is 11.3 Å². The lowest BCUT2D eigenvalue weighted by Gasteiger charge is -2.16. The molecule has 1 N–H and O–H groups in total. The summed E-state index contributed by atoms with van der Waals surface area (Å²) < 4.78 is 13.1. The van der Waals surface area contributed by atoms with Crippen LogP contribution in [0.5, 0.6) is 0 Å². The Kier molecular flexibility index (Phi) is 4.23. The Morgan fingerprint density at radius 3 is 3.00 bits per heavy atom. The second-order valence-corrected chi connectivity index (χ2v) is 4.80. The van der Waals surface area contributed by atoms with Crippen LogP contribution in [0.1, 0.15) is 30.0 Å². The zero-order chi connectivity index (χ0) is 12.1. The molecule has 0 saturated heterocycles. The van der Waals surface area contributed by atoms with E-state index in [0.717, 1.165) is 23.5 Å². The van der Waals surface area contributed by atoms with Gasteiger partial charge in [0.25, 0.3) is 0 Å². The molecule has 1 unspecified atom stereocenters. The molecule has 1 aromatic carbocycles. The standard InChI is InChI=1S/C13H15FN2S/c1-2-12(10-4-3-5-11(14)8-10)16-9-13-15-6-7-17-13/h3-8,12,16H,2,9H2,1H3. The van der Waals surface area contributed by atoms with Crippen molar-refractivity contribution in [3.05, 3.63) is 52.2 Å². The topological polar surface area (TPSA) is 24.9 Å². The van der Waals surface area contributed by atoms with Gasteiger partial charge in [0.2, 0.25) is 0 Å². The number of rotatable bonds is 5. The number of halogens is 1. The van der Waals surface area contributed by atoms with Crippen LogP contribution < -0.4 is 5.32 Å². The summed E-state index contributed by atoms with van der Waals surface area (Å²) in [5, 5.41) is 6.41. The first kappa shape index (κ1) is 12.2. The van der Waals surface area contributed by atoms with Gasteiger partial charge in [0.1, 0.15) is 10.8 Å². The Morgan fingerprint density at radius 2 is 2.35 bits per heavy atom. The number of nitrogens with one attached hydrogen (secondary N) is 1. The van der Waals surface area contributed by atoms with Gasteiger partial charge in [-0.05, 0) is 24.1 Å². The quantitative estimate of drug-likeness (QED) is 0.878. The summed E-state index contributed by atoms with van der Waals surface area (Å²) >= 11 is 1.63. The first-order chi connectivity index (χ1) is 8.29. The van der Waals surface area contributed by atoms with Gasteiger partial charge in [-0.2, -0.15) is 0 Å². The minimum Gasteiger partial charge on any atom is -0.304 e. The lowest BCUT2D eigenvalue weighted by atomic mass is 10.0. The van der Waals surface area contributed by atoms with E-state index < -0.39 is 0 Å². The monoisotopic (exact) mass is 250 g/mol. The fourth-order valence-corrected chi connectivity index (χ4v) is 2.34. The van der Waals surface area contributed by atoms with Gasteiger partial charge in [-0.3, -0.25) is 0 Å². The molecule has 0 bridgehead atoms. The number of benzene rings is 1. The lowest BCUT2D eigenvalue weighted by molar-refractivity contribution is 0.513. The Morgan fingerprint density at radius 1 is 1.47 bits per heavy atom. The van der Waals surface area contributed by atoms with Crippen molar-refractivity contribution in [2.75, 3.05) is 0 Å². The fraction of sp³-hybridized carbons (Fsp3) is 0.308. The van der Waals surface area contributed by atoms with Crippen LogP contribution in [-0.2, 0) is 6.54 Å². The number of nitrogens with zero attached hydrogens (tertiary/aromatic N) is 1. The van der Waals surface area contributed by atoms with Gasteiger partial charge in [0, 0.05) is 24.2 Å². The largest absolute Gasteiger partial charge is 0.304 e. The molecule has 2 aromatic rings. The Bertz CT molecular complexity index is 456. The summed E-state index contributed by atoms with van der Waals surface area (Å²) in [6.07, 6.45) is 2.72. The van der Waals surface area contributed by atoms with Gasteiger partial charge in [-0.25, -0.2) is 9.37 Å². The number of hydrogen-bond acceptors (Lipinski definition) is 3. The van der Waals surface area contributed by atoms with E-state index in [9.17, 15) is 4.39 Å². The highest BCUT2D eigenvalue weighted by atomic mass is 32.1. The Balaban J connectivity index is 2.01. The van der Waals surface area contributed by atoms with Crippen molar-refractivity contribution in [3.63, 3.8) is 0 Å². The van der Waals surface area contributed by atoms with Crippen molar-refractivity contribution in [2.45, 2.75) is 25.9 Å². The third-order valence-corrected chi connectivity index (χ3v) is 3.42. The average Bonchev–Trinajstić information content (AvgIpc) is 2.83. The molecule has 0 radical (unpaired) electrons. The van der Waals surface area contributed by atoms with E-state index in [-0.39, 0.29) is 11.9 Å². The predicted molar refractivity (Wildman–Crippen MR) is 68.4 cm³/mol. The molecular formula is C13H15FN2S. The van der Waals surface area contributed by atoms with Gasteiger partial charge in [-0.15, -0.1) is 11.3 Å². The average molecular weight is 250 g/mol. The van der Waals surface area contributed by atoms with Crippen molar-refractivity contribution in [3.8, 4) is 0 Å². The number of hydrogen-bond donors (Lipinski definition) is 1. The number of aromatic nitrogens is 1. The molecule has 1 heterocycles. The van der Waals surface area contributed by atoms with Gasteiger partial charge < -0.3 is 5.32 Å². The zero-order valence-electron chi connectivity index (χ0n) is 9.69. The molecular weight excluding hydrogens is 235 g/mol. The third-order valence-electron chi connectivity index (χ3n) is 2.64. The van der Waals surface area contributed by atoms with E-state index in [1.165, 1.54) is 6.07 Å². The molecule has 0 aliphatic carbocycles. The highest BCUT2D eigenvalue weighted by Crippen LogP contribution is 2.18. The van der Waals surface area contributed by atoms with Crippen molar-refractivity contribution < 1.29 is 4.39 Å². The third kappa shape index (κ3) is 3.35. The zero-order valence-corrected chi connectivity index (χ0v) is 10.5. The summed E-state index contributed by atoms with van der Waals surface area (Å²) in [6.45, 7) is 2.82. The fourth-order valence-electron chi connectivity index (χ4n) is 1.77. The van der Waals surface area contributed by atoms with Gasteiger partial charge in [0.15, 0.2) is 0 Å². The SMILES string of the molecule is CCC(NCc1nccs1)c1cccc(F)c1. The summed E-state index contributed by atoms with van der Waals surface area (Å²) in [7, 11) is 0. The van der Waals surface area contributed by atoms with Crippen molar-refractivity contribution in [1.29, 1.82) is 0 Å². The van der Waals surface area contributed by atoms with E-state index >= 15 is 0 Å². The molecule has 2 rings (SSSR count). The maximum Gasteiger partial charge on any atom is 0.123 e. The normalized spacial score (nSPS) is 12.6.